The zero-order valence-electron chi connectivity index (χ0n) is 10.5. The van der Waals surface area contributed by atoms with E-state index in [1.165, 1.54) is 6.08 Å². The molecule has 2 aromatic rings. The number of benzene rings is 1. The van der Waals surface area contributed by atoms with Crippen LogP contribution in [0.4, 0.5) is 0 Å². The molecule has 1 aromatic carbocycles. The molecule has 0 aliphatic carbocycles. The Kier molecular flexibility index (Phi) is 4.08. The number of ketones is 1. The number of aryl methyl sites for hydroxylation is 2. The minimum Gasteiger partial charge on any atom is -0.289 e. The Labute approximate surface area is 121 Å². The normalized spacial score (nSPS) is 11.2. The van der Waals surface area contributed by atoms with Gasteiger partial charge in [0.1, 0.15) is 5.15 Å². The highest BCUT2D eigenvalue weighted by atomic mass is 35.5. The fourth-order valence-corrected chi connectivity index (χ4v) is 2.07. The lowest BCUT2D eigenvalue weighted by Crippen LogP contribution is -1.93. The summed E-state index contributed by atoms with van der Waals surface area (Å²) in [5, 5.41) is 5.29. The number of rotatable bonds is 3. The first kappa shape index (κ1) is 13.8. The quantitative estimate of drug-likeness (QED) is 0.635. The standard InChI is InChI=1S/C14H12Cl2N2O/c1-9-12(14(16)18(2)17-9)7-8-13(19)10-3-5-11(15)6-4-10/h3-8H,1-2H3/b8-7+. The molecule has 0 fully saturated rings. The molecule has 1 heterocycles. The number of carbonyl (C=O) groups is 1. The molecule has 0 atom stereocenters. The number of hydrogen-bond donors (Lipinski definition) is 0. The van der Waals surface area contributed by atoms with Crippen LogP contribution in [0.2, 0.25) is 10.2 Å². The van der Waals surface area contributed by atoms with Crippen LogP contribution in [-0.2, 0) is 7.05 Å². The zero-order chi connectivity index (χ0) is 14.0. The summed E-state index contributed by atoms with van der Waals surface area (Å²) in [4.78, 5) is 12.0. The highest BCUT2D eigenvalue weighted by molar-refractivity contribution is 6.31. The van der Waals surface area contributed by atoms with Crippen LogP contribution in [0.15, 0.2) is 30.3 Å². The third-order valence-electron chi connectivity index (χ3n) is 2.73. The van der Waals surface area contributed by atoms with Crippen LogP contribution in [-0.4, -0.2) is 15.6 Å². The van der Waals surface area contributed by atoms with Crippen LogP contribution in [0, 0.1) is 6.92 Å². The number of allylic oxidation sites excluding steroid dienone is 1. The molecule has 0 saturated carbocycles. The third kappa shape index (κ3) is 3.06. The summed E-state index contributed by atoms with van der Waals surface area (Å²) in [5.41, 5.74) is 2.12. The molecule has 0 amide bonds. The maximum absolute atomic E-state index is 12.0. The fourth-order valence-electron chi connectivity index (χ4n) is 1.71. The van der Waals surface area contributed by atoms with Gasteiger partial charge < -0.3 is 0 Å². The molecule has 19 heavy (non-hydrogen) atoms. The molecular weight excluding hydrogens is 283 g/mol. The highest BCUT2D eigenvalue weighted by Gasteiger charge is 2.09. The van der Waals surface area contributed by atoms with E-state index in [0.717, 1.165) is 11.3 Å². The van der Waals surface area contributed by atoms with E-state index >= 15 is 0 Å². The molecule has 0 N–H and O–H groups in total. The molecule has 3 nitrogen and oxygen atoms in total. The van der Waals surface area contributed by atoms with E-state index in [1.54, 1.807) is 42.1 Å². The van der Waals surface area contributed by atoms with Crippen molar-refractivity contribution < 1.29 is 4.79 Å². The molecule has 0 saturated heterocycles. The minimum absolute atomic E-state index is 0.101. The van der Waals surface area contributed by atoms with Crippen LogP contribution >= 0.6 is 23.2 Å². The number of hydrogen-bond acceptors (Lipinski definition) is 2. The van der Waals surface area contributed by atoms with Crippen LogP contribution in [0.1, 0.15) is 21.6 Å². The van der Waals surface area contributed by atoms with Gasteiger partial charge in [-0.2, -0.15) is 5.10 Å². The predicted molar refractivity (Wildman–Crippen MR) is 77.8 cm³/mol. The summed E-state index contributed by atoms with van der Waals surface area (Å²) in [6, 6.07) is 6.75. The van der Waals surface area contributed by atoms with Crippen molar-refractivity contribution in [3.63, 3.8) is 0 Å². The lowest BCUT2D eigenvalue weighted by molar-refractivity contribution is 0.104. The van der Waals surface area contributed by atoms with Gasteiger partial charge in [0.2, 0.25) is 0 Å². The Morgan fingerprint density at radius 2 is 1.89 bits per heavy atom. The third-order valence-corrected chi connectivity index (χ3v) is 3.43. The van der Waals surface area contributed by atoms with E-state index < -0.39 is 0 Å². The van der Waals surface area contributed by atoms with Crippen LogP contribution in [0.3, 0.4) is 0 Å². The van der Waals surface area contributed by atoms with Crippen molar-refractivity contribution in [1.29, 1.82) is 0 Å². The molecule has 0 aliphatic heterocycles. The molecule has 0 unspecified atom stereocenters. The summed E-state index contributed by atoms with van der Waals surface area (Å²) in [6.45, 7) is 1.85. The smallest absolute Gasteiger partial charge is 0.185 e. The van der Waals surface area contributed by atoms with Gasteiger partial charge in [0.05, 0.1) is 5.69 Å². The van der Waals surface area contributed by atoms with E-state index in [-0.39, 0.29) is 5.78 Å². The van der Waals surface area contributed by atoms with Crippen molar-refractivity contribution >= 4 is 35.1 Å². The average Bonchev–Trinajstić information content (AvgIpc) is 2.62. The minimum atomic E-state index is -0.101. The number of nitrogens with zero attached hydrogens (tertiary/aromatic N) is 2. The van der Waals surface area contributed by atoms with E-state index in [0.29, 0.717) is 15.7 Å². The monoisotopic (exact) mass is 294 g/mol. The summed E-state index contributed by atoms with van der Waals surface area (Å²) in [6.07, 6.45) is 3.17. The lowest BCUT2D eigenvalue weighted by atomic mass is 10.1. The highest BCUT2D eigenvalue weighted by Crippen LogP contribution is 2.20. The van der Waals surface area contributed by atoms with E-state index in [9.17, 15) is 4.79 Å². The molecule has 0 spiro atoms. The van der Waals surface area contributed by atoms with Gasteiger partial charge in [-0.3, -0.25) is 9.48 Å². The Bertz CT molecular complexity index is 642. The van der Waals surface area contributed by atoms with Gasteiger partial charge in [0, 0.05) is 23.2 Å². The van der Waals surface area contributed by atoms with Gasteiger partial charge in [-0.05, 0) is 43.3 Å². The number of aromatic nitrogens is 2. The van der Waals surface area contributed by atoms with Crippen molar-refractivity contribution in [1.82, 2.24) is 9.78 Å². The first-order chi connectivity index (χ1) is 8.99. The van der Waals surface area contributed by atoms with Crippen LogP contribution < -0.4 is 0 Å². The Hall–Kier alpha value is -1.58. The van der Waals surface area contributed by atoms with Gasteiger partial charge in [0.25, 0.3) is 0 Å². The molecule has 2 rings (SSSR count). The van der Waals surface area contributed by atoms with Gasteiger partial charge in [0.15, 0.2) is 5.78 Å². The van der Waals surface area contributed by atoms with Crippen molar-refractivity contribution in [2.24, 2.45) is 7.05 Å². The molecule has 0 radical (unpaired) electrons. The Morgan fingerprint density at radius 1 is 1.26 bits per heavy atom. The molecule has 0 aliphatic rings. The van der Waals surface area contributed by atoms with Gasteiger partial charge in [-0.25, -0.2) is 0 Å². The van der Waals surface area contributed by atoms with Crippen LogP contribution in [0.25, 0.3) is 6.08 Å². The van der Waals surface area contributed by atoms with Crippen molar-refractivity contribution in [2.45, 2.75) is 6.92 Å². The van der Waals surface area contributed by atoms with Crippen molar-refractivity contribution in [3.05, 3.63) is 57.3 Å². The zero-order valence-corrected chi connectivity index (χ0v) is 12.0. The SMILES string of the molecule is Cc1nn(C)c(Cl)c1/C=C/C(=O)c1ccc(Cl)cc1. The second-order valence-corrected chi connectivity index (χ2v) is 4.91. The van der Waals surface area contributed by atoms with Crippen LogP contribution in [0.5, 0.6) is 0 Å². The average molecular weight is 295 g/mol. The summed E-state index contributed by atoms with van der Waals surface area (Å²) >= 11 is 11.9. The molecule has 1 aromatic heterocycles. The summed E-state index contributed by atoms with van der Waals surface area (Å²) < 4.78 is 1.57. The maximum Gasteiger partial charge on any atom is 0.185 e. The van der Waals surface area contributed by atoms with E-state index in [1.807, 2.05) is 6.92 Å². The summed E-state index contributed by atoms with van der Waals surface area (Å²) in [7, 11) is 1.76. The second kappa shape index (κ2) is 5.59. The lowest BCUT2D eigenvalue weighted by Gasteiger charge is -1.96. The molecule has 0 bridgehead atoms. The van der Waals surface area contributed by atoms with Gasteiger partial charge >= 0.3 is 0 Å². The first-order valence-electron chi connectivity index (χ1n) is 5.66. The number of carbonyl (C=O) groups excluding carboxylic acids is 1. The van der Waals surface area contributed by atoms with Crippen molar-refractivity contribution in [2.75, 3.05) is 0 Å². The molecule has 98 valence electrons. The Balaban J connectivity index is 2.23. The predicted octanol–water partition coefficient (Wildman–Crippen LogP) is 3.93. The fraction of sp³-hybridized carbons (Fsp3) is 0.143. The molecular formula is C14H12Cl2N2O. The van der Waals surface area contributed by atoms with E-state index in [4.69, 9.17) is 23.2 Å². The maximum atomic E-state index is 12.0. The van der Waals surface area contributed by atoms with Gasteiger partial charge in [-0.15, -0.1) is 0 Å². The molecule has 5 heteroatoms. The van der Waals surface area contributed by atoms with Gasteiger partial charge in [-0.1, -0.05) is 23.2 Å². The van der Waals surface area contributed by atoms with E-state index in [2.05, 4.69) is 5.10 Å². The Morgan fingerprint density at radius 3 is 2.42 bits per heavy atom. The largest absolute Gasteiger partial charge is 0.289 e. The topological polar surface area (TPSA) is 34.9 Å². The second-order valence-electron chi connectivity index (χ2n) is 4.12. The summed E-state index contributed by atoms with van der Waals surface area (Å²) in [5.74, 6) is -0.101. The number of halogens is 2. The first-order valence-corrected chi connectivity index (χ1v) is 6.41. The van der Waals surface area contributed by atoms with Crippen molar-refractivity contribution in [3.8, 4) is 0 Å².